The lowest BCUT2D eigenvalue weighted by atomic mass is 10.1. The molecular weight excluding hydrogens is 332 g/mol. The number of ether oxygens (including phenoxy) is 2. The van der Waals surface area contributed by atoms with E-state index in [1.165, 1.54) is 12.8 Å². The van der Waals surface area contributed by atoms with Crippen molar-refractivity contribution in [2.24, 2.45) is 5.92 Å². The van der Waals surface area contributed by atoms with Crippen LogP contribution in [0.1, 0.15) is 44.9 Å². The summed E-state index contributed by atoms with van der Waals surface area (Å²) < 4.78 is 13.1. The van der Waals surface area contributed by atoms with E-state index in [0.29, 0.717) is 18.5 Å². The molecule has 1 saturated carbocycles. The molecule has 3 aliphatic rings. The van der Waals surface area contributed by atoms with Crippen LogP contribution < -0.4 is 5.32 Å². The molecule has 0 radical (unpaired) electrons. The van der Waals surface area contributed by atoms with Crippen molar-refractivity contribution in [2.75, 3.05) is 31.7 Å². The highest BCUT2D eigenvalue weighted by Gasteiger charge is 2.31. The van der Waals surface area contributed by atoms with Crippen molar-refractivity contribution in [3.8, 4) is 0 Å². The molecule has 1 aliphatic carbocycles. The predicted octanol–water partition coefficient (Wildman–Crippen LogP) is 2.88. The third kappa shape index (κ3) is 4.20. The van der Waals surface area contributed by atoms with Crippen molar-refractivity contribution >= 4 is 11.8 Å². The molecule has 2 saturated heterocycles. The van der Waals surface area contributed by atoms with Crippen LogP contribution in [-0.4, -0.2) is 59.2 Å². The zero-order valence-electron chi connectivity index (χ0n) is 15.4. The molecule has 0 bridgehead atoms. The first kappa shape index (κ1) is 17.8. The van der Waals surface area contributed by atoms with Crippen LogP contribution in [0.4, 0.5) is 10.6 Å². The molecule has 1 aromatic heterocycles. The summed E-state index contributed by atoms with van der Waals surface area (Å²) in [6.07, 6.45) is 9.75. The molecule has 2 aliphatic heterocycles. The number of hydrogen-bond donors (Lipinski definition) is 1. The van der Waals surface area contributed by atoms with E-state index < -0.39 is 0 Å². The van der Waals surface area contributed by atoms with E-state index >= 15 is 0 Å². The van der Waals surface area contributed by atoms with Gasteiger partial charge in [0.1, 0.15) is 5.82 Å². The summed E-state index contributed by atoms with van der Waals surface area (Å²) in [5.41, 5.74) is 0. The molecule has 7 nitrogen and oxygen atoms in total. The number of hydrogen-bond acceptors (Lipinski definition) is 4. The van der Waals surface area contributed by atoms with Gasteiger partial charge in [-0.1, -0.05) is 12.8 Å². The largest absolute Gasteiger partial charge is 0.381 e. The average Bonchev–Trinajstić information content (AvgIpc) is 3.43. The van der Waals surface area contributed by atoms with Crippen molar-refractivity contribution in [3.63, 3.8) is 0 Å². The van der Waals surface area contributed by atoms with E-state index in [2.05, 4.69) is 10.4 Å². The lowest BCUT2D eigenvalue weighted by Gasteiger charge is -2.31. The lowest BCUT2D eigenvalue weighted by molar-refractivity contribution is 0.0728. The molecule has 2 amide bonds. The van der Waals surface area contributed by atoms with Crippen LogP contribution in [0.15, 0.2) is 12.3 Å². The number of nitrogens with zero attached hydrogens (tertiary/aromatic N) is 3. The fourth-order valence-corrected chi connectivity index (χ4v) is 4.36. The summed E-state index contributed by atoms with van der Waals surface area (Å²) in [7, 11) is 0. The normalized spacial score (nSPS) is 26.5. The van der Waals surface area contributed by atoms with Gasteiger partial charge in [-0.05, 0) is 32.1 Å². The molecular formula is C19H30N4O3. The van der Waals surface area contributed by atoms with Crippen LogP contribution in [0.5, 0.6) is 0 Å². The molecule has 7 heteroatoms. The Kier molecular flexibility index (Phi) is 5.75. The van der Waals surface area contributed by atoms with Crippen LogP contribution >= 0.6 is 0 Å². The number of amides is 2. The summed E-state index contributed by atoms with van der Waals surface area (Å²) in [4.78, 5) is 15.1. The van der Waals surface area contributed by atoms with Crippen LogP contribution in [-0.2, 0) is 16.0 Å². The Morgan fingerprint density at radius 2 is 2.12 bits per heavy atom. The van der Waals surface area contributed by atoms with Crippen LogP contribution in [0, 0.1) is 5.92 Å². The van der Waals surface area contributed by atoms with E-state index in [1.807, 2.05) is 15.6 Å². The van der Waals surface area contributed by atoms with E-state index in [1.54, 1.807) is 6.20 Å². The van der Waals surface area contributed by atoms with Crippen molar-refractivity contribution in [1.82, 2.24) is 14.7 Å². The highest BCUT2D eigenvalue weighted by Crippen LogP contribution is 2.26. The third-order valence-electron chi connectivity index (χ3n) is 5.86. The van der Waals surface area contributed by atoms with E-state index in [4.69, 9.17) is 9.47 Å². The molecule has 144 valence electrons. The van der Waals surface area contributed by atoms with Crippen molar-refractivity contribution in [1.29, 1.82) is 0 Å². The Bertz CT molecular complexity index is 587. The first-order valence-electron chi connectivity index (χ1n) is 10.1. The summed E-state index contributed by atoms with van der Waals surface area (Å²) in [6.45, 7) is 3.91. The van der Waals surface area contributed by atoms with Gasteiger partial charge in [-0.25, -0.2) is 9.48 Å². The van der Waals surface area contributed by atoms with E-state index in [9.17, 15) is 4.79 Å². The highest BCUT2D eigenvalue weighted by molar-refractivity contribution is 5.88. The van der Waals surface area contributed by atoms with Gasteiger partial charge in [-0.2, -0.15) is 5.10 Å². The zero-order chi connectivity index (χ0) is 17.8. The van der Waals surface area contributed by atoms with Crippen molar-refractivity contribution < 1.29 is 14.3 Å². The summed E-state index contributed by atoms with van der Waals surface area (Å²) in [6, 6.07) is 2.20. The maximum absolute atomic E-state index is 13.1. The molecule has 3 fully saturated rings. The Labute approximate surface area is 155 Å². The van der Waals surface area contributed by atoms with Gasteiger partial charge in [0.25, 0.3) is 0 Å². The average molecular weight is 362 g/mol. The topological polar surface area (TPSA) is 68.6 Å². The number of nitrogens with one attached hydrogen (secondary N) is 1. The summed E-state index contributed by atoms with van der Waals surface area (Å²) in [5.74, 6) is 1.25. The predicted molar refractivity (Wildman–Crippen MR) is 98.1 cm³/mol. The summed E-state index contributed by atoms with van der Waals surface area (Å²) >= 11 is 0. The van der Waals surface area contributed by atoms with Crippen LogP contribution in [0.2, 0.25) is 0 Å². The first-order valence-corrected chi connectivity index (χ1v) is 10.1. The number of anilines is 1. The van der Waals surface area contributed by atoms with Crippen LogP contribution in [0.25, 0.3) is 0 Å². The first-order chi connectivity index (χ1) is 12.8. The van der Waals surface area contributed by atoms with Gasteiger partial charge in [-0.3, -0.25) is 5.32 Å². The lowest BCUT2D eigenvalue weighted by Crippen LogP contribution is -2.46. The number of urea groups is 1. The van der Waals surface area contributed by atoms with Gasteiger partial charge in [-0.15, -0.1) is 0 Å². The quantitative estimate of drug-likeness (QED) is 0.845. The maximum atomic E-state index is 13.1. The molecule has 26 heavy (non-hydrogen) atoms. The van der Waals surface area contributed by atoms with Gasteiger partial charge in [0.05, 0.1) is 18.9 Å². The Hall–Kier alpha value is -1.60. The molecule has 0 aromatic carbocycles. The molecule has 4 rings (SSSR count). The Balaban J connectivity index is 1.41. The molecule has 2 unspecified atom stereocenters. The minimum absolute atomic E-state index is 0.0168. The second-order valence-corrected chi connectivity index (χ2v) is 7.78. The fourth-order valence-electron chi connectivity index (χ4n) is 4.36. The molecule has 2 atom stereocenters. The van der Waals surface area contributed by atoms with Crippen molar-refractivity contribution in [3.05, 3.63) is 12.3 Å². The van der Waals surface area contributed by atoms with Gasteiger partial charge in [0.2, 0.25) is 0 Å². The highest BCUT2D eigenvalue weighted by atomic mass is 16.5. The third-order valence-corrected chi connectivity index (χ3v) is 5.86. The fraction of sp³-hybridized carbons (Fsp3) is 0.789. The molecule has 3 heterocycles. The number of rotatable bonds is 6. The van der Waals surface area contributed by atoms with Gasteiger partial charge in [0.15, 0.2) is 0 Å². The SMILES string of the molecule is O=C(Nc1ccnn1CC1CCOC1)N(CC1CCCO1)C1CCCC1. The van der Waals surface area contributed by atoms with Gasteiger partial charge in [0, 0.05) is 44.3 Å². The molecule has 0 spiro atoms. The Morgan fingerprint density at radius 1 is 1.23 bits per heavy atom. The maximum Gasteiger partial charge on any atom is 0.323 e. The zero-order valence-corrected chi connectivity index (χ0v) is 15.4. The second-order valence-electron chi connectivity index (χ2n) is 7.78. The van der Waals surface area contributed by atoms with Gasteiger partial charge < -0.3 is 14.4 Å². The number of aromatic nitrogens is 2. The smallest absolute Gasteiger partial charge is 0.323 e. The minimum atomic E-state index is -0.0168. The number of carbonyl (C=O) groups excluding carboxylic acids is 1. The van der Waals surface area contributed by atoms with Crippen LogP contribution in [0.3, 0.4) is 0 Å². The standard InChI is InChI=1S/C19H30N4O3/c24-19(21-18-7-9-20-23(18)12-15-8-11-25-14-15)22(16-4-1-2-5-16)13-17-6-3-10-26-17/h7,9,15-17H,1-6,8,10-14H2,(H,21,24). The number of carbonyl (C=O) groups is 1. The summed E-state index contributed by atoms with van der Waals surface area (Å²) in [5, 5.41) is 7.50. The van der Waals surface area contributed by atoms with E-state index in [0.717, 1.165) is 64.3 Å². The molecule has 1 aromatic rings. The molecule has 1 N–H and O–H groups in total. The van der Waals surface area contributed by atoms with Gasteiger partial charge >= 0.3 is 6.03 Å². The Morgan fingerprint density at radius 3 is 2.85 bits per heavy atom. The van der Waals surface area contributed by atoms with E-state index in [-0.39, 0.29) is 12.1 Å². The minimum Gasteiger partial charge on any atom is -0.381 e. The van der Waals surface area contributed by atoms with Crippen molar-refractivity contribution in [2.45, 2.75) is 63.6 Å². The second kappa shape index (κ2) is 8.39. The monoisotopic (exact) mass is 362 g/mol.